The van der Waals surface area contributed by atoms with E-state index in [2.05, 4.69) is 44.2 Å². The molecule has 0 radical (unpaired) electrons. The number of nitrogens with zero attached hydrogens (tertiary/aromatic N) is 1. The number of amides is 1. The van der Waals surface area contributed by atoms with Gasteiger partial charge in [-0.25, -0.2) is 4.79 Å². The predicted octanol–water partition coefficient (Wildman–Crippen LogP) is 9.39. The standard InChI is InChI=1S/C44H51NO5S/c1-4-50-42(48)45(26-23-37-13-9-27-51-37)30-44(49)25-22-40-38-21-15-32(28-36(46)20-14-31(2)10-8-24-43(40,44)3)29-39(38)41(47)35-18-16-34(17-19-35)33-11-6-5-7-12-33/h5-7,9-13,15-19,21,27,29,36,40,46,49H,4,8,14,20,22-26,28,30H2,1-3H3/t36-,40-,43-,44+/m0/s1. The van der Waals surface area contributed by atoms with Crippen LogP contribution in [0.4, 0.5) is 4.79 Å². The van der Waals surface area contributed by atoms with Crippen molar-refractivity contribution in [3.05, 3.63) is 129 Å². The Kier molecular flexibility index (Phi) is 11.6. The molecule has 3 aliphatic carbocycles. The van der Waals surface area contributed by atoms with E-state index in [0.717, 1.165) is 35.1 Å². The van der Waals surface area contributed by atoms with E-state index < -0.39 is 23.2 Å². The molecule has 1 amide bonds. The topological polar surface area (TPSA) is 87.1 Å². The molecule has 51 heavy (non-hydrogen) atoms. The van der Waals surface area contributed by atoms with E-state index in [9.17, 15) is 19.8 Å². The quantitative estimate of drug-likeness (QED) is 0.134. The number of fused-ring (bicyclic) bond motifs is 8. The SMILES string of the molecule is CCOC(=O)N(CCc1cccs1)C[C@]1(O)CC[C@H]2c3ccc(cc3C(=O)c3ccc(-c4ccccc4)cc3)C[C@@H](O)CCC(C)=CCC[C@@]21C. The van der Waals surface area contributed by atoms with Gasteiger partial charge in [0.2, 0.25) is 0 Å². The van der Waals surface area contributed by atoms with Gasteiger partial charge >= 0.3 is 6.09 Å². The van der Waals surface area contributed by atoms with Crippen LogP contribution in [0.25, 0.3) is 11.1 Å². The molecule has 0 unspecified atom stereocenters. The first-order valence-electron chi connectivity index (χ1n) is 18.4. The number of carbonyl (C=O) groups excluding carboxylic acids is 2. The molecule has 0 aliphatic heterocycles. The fourth-order valence-corrected chi connectivity index (χ4v) is 8.96. The highest BCUT2D eigenvalue weighted by Crippen LogP contribution is 2.59. The molecule has 1 fully saturated rings. The van der Waals surface area contributed by atoms with Gasteiger partial charge in [-0.1, -0.05) is 91.4 Å². The van der Waals surface area contributed by atoms with Crippen LogP contribution in [-0.2, 0) is 17.6 Å². The van der Waals surface area contributed by atoms with Gasteiger partial charge in [0.05, 0.1) is 24.9 Å². The Hall–Kier alpha value is -4.04. The minimum Gasteiger partial charge on any atom is -0.450 e. The molecule has 2 bridgehead atoms. The number of rotatable bonds is 9. The number of carbonyl (C=O) groups is 2. The van der Waals surface area contributed by atoms with Crippen LogP contribution in [0, 0.1) is 5.41 Å². The zero-order valence-electron chi connectivity index (χ0n) is 30.1. The summed E-state index contributed by atoms with van der Waals surface area (Å²) in [7, 11) is 0. The summed E-state index contributed by atoms with van der Waals surface area (Å²) >= 11 is 1.66. The number of aliphatic hydroxyl groups excluding tert-OH is 1. The van der Waals surface area contributed by atoms with Crippen LogP contribution in [0.3, 0.4) is 0 Å². The van der Waals surface area contributed by atoms with Gasteiger partial charge < -0.3 is 19.8 Å². The van der Waals surface area contributed by atoms with Gasteiger partial charge in [0.1, 0.15) is 0 Å². The molecular formula is C44H51NO5S. The van der Waals surface area contributed by atoms with Crippen molar-refractivity contribution in [2.45, 2.75) is 89.8 Å². The smallest absolute Gasteiger partial charge is 0.409 e. The number of aliphatic hydroxyl groups is 2. The lowest BCUT2D eigenvalue weighted by molar-refractivity contribution is -0.0807. The highest BCUT2D eigenvalue weighted by molar-refractivity contribution is 7.09. The van der Waals surface area contributed by atoms with Crippen molar-refractivity contribution >= 4 is 23.2 Å². The van der Waals surface area contributed by atoms with Gasteiger partial charge in [-0.3, -0.25) is 4.79 Å². The number of hydrogen-bond acceptors (Lipinski definition) is 6. The molecule has 1 saturated carbocycles. The van der Waals surface area contributed by atoms with Crippen LogP contribution in [0.15, 0.2) is 102 Å². The molecule has 3 aromatic carbocycles. The van der Waals surface area contributed by atoms with Crippen LogP contribution in [-0.4, -0.2) is 58.4 Å². The fraction of sp³-hybridized carbons (Fsp3) is 0.409. The van der Waals surface area contributed by atoms with Crippen LogP contribution in [0.1, 0.15) is 97.1 Å². The zero-order valence-corrected chi connectivity index (χ0v) is 31.0. The fourth-order valence-electron chi connectivity index (χ4n) is 8.26. The maximum Gasteiger partial charge on any atom is 0.409 e. The molecule has 0 saturated heterocycles. The summed E-state index contributed by atoms with van der Waals surface area (Å²) in [6.45, 7) is 6.93. The number of hydrogen-bond donors (Lipinski definition) is 2. The lowest BCUT2D eigenvalue weighted by Gasteiger charge is -2.46. The Morgan fingerprint density at radius 2 is 1.73 bits per heavy atom. The van der Waals surface area contributed by atoms with Crippen molar-refractivity contribution in [2.24, 2.45) is 5.41 Å². The molecule has 7 heteroatoms. The average molecular weight is 706 g/mol. The van der Waals surface area contributed by atoms with Crippen molar-refractivity contribution in [3.63, 3.8) is 0 Å². The van der Waals surface area contributed by atoms with Gasteiger partial charge in [0.25, 0.3) is 0 Å². The molecule has 4 aromatic rings. The predicted molar refractivity (Wildman–Crippen MR) is 205 cm³/mol. The van der Waals surface area contributed by atoms with Gasteiger partial charge in [-0.15, -0.1) is 11.3 Å². The van der Waals surface area contributed by atoms with E-state index in [4.69, 9.17) is 4.74 Å². The first-order valence-corrected chi connectivity index (χ1v) is 19.3. The van der Waals surface area contributed by atoms with E-state index in [1.165, 1.54) is 10.5 Å². The highest BCUT2D eigenvalue weighted by atomic mass is 32.1. The van der Waals surface area contributed by atoms with Crippen LogP contribution in [0.2, 0.25) is 0 Å². The Morgan fingerprint density at radius 1 is 0.961 bits per heavy atom. The van der Waals surface area contributed by atoms with E-state index in [0.29, 0.717) is 56.2 Å². The summed E-state index contributed by atoms with van der Waals surface area (Å²) in [6, 6.07) is 28.1. The largest absolute Gasteiger partial charge is 0.450 e. The number of ether oxygens (including phenoxy) is 1. The maximum absolute atomic E-state index is 14.6. The van der Waals surface area contributed by atoms with Crippen molar-refractivity contribution in [2.75, 3.05) is 19.7 Å². The number of benzene rings is 3. The molecule has 6 nitrogen and oxygen atoms in total. The molecule has 3 aliphatic rings. The zero-order chi connectivity index (χ0) is 36.0. The lowest BCUT2D eigenvalue weighted by atomic mass is 9.64. The normalized spacial score (nSPS) is 23.6. The Labute approximate surface area is 306 Å². The van der Waals surface area contributed by atoms with E-state index in [-0.39, 0.29) is 24.9 Å². The third-order valence-electron chi connectivity index (χ3n) is 11.4. The number of thiophene rings is 1. The second-order valence-electron chi connectivity index (χ2n) is 14.7. The van der Waals surface area contributed by atoms with Gasteiger partial charge in [-0.05, 0) is 111 Å². The first-order chi connectivity index (χ1) is 24.6. The molecule has 4 atom stereocenters. The summed E-state index contributed by atoms with van der Waals surface area (Å²) < 4.78 is 5.52. The van der Waals surface area contributed by atoms with Crippen molar-refractivity contribution < 1.29 is 24.5 Å². The number of ketones is 1. The van der Waals surface area contributed by atoms with Crippen molar-refractivity contribution in [1.29, 1.82) is 0 Å². The Bertz CT molecular complexity index is 1820. The monoisotopic (exact) mass is 705 g/mol. The van der Waals surface area contributed by atoms with Gasteiger partial charge in [0.15, 0.2) is 5.78 Å². The van der Waals surface area contributed by atoms with Crippen LogP contribution < -0.4 is 0 Å². The van der Waals surface area contributed by atoms with E-state index in [1.807, 2.05) is 66.0 Å². The summed E-state index contributed by atoms with van der Waals surface area (Å²) in [5, 5.41) is 25.9. The molecule has 0 spiro atoms. The second-order valence-corrected chi connectivity index (χ2v) is 15.7. The van der Waals surface area contributed by atoms with E-state index >= 15 is 0 Å². The minimum atomic E-state index is -1.22. The molecule has 268 valence electrons. The number of allylic oxidation sites excluding steroid dienone is 2. The maximum atomic E-state index is 14.6. The average Bonchev–Trinajstić information content (AvgIpc) is 3.75. The minimum absolute atomic E-state index is 0.0642. The molecular weight excluding hydrogens is 655 g/mol. The summed E-state index contributed by atoms with van der Waals surface area (Å²) in [5.74, 6) is -0.201. The summed E-state index contributed by atoms with van der Waals surface area (Å²) in [6.07, 6.45) is 6.46. The first kappa shape index (κ1) is 36.7. The van der Waals surface area contributed by atoms with Gasteiger partial charge in [-0.2, -0.15) is 0 Å². The van der Waals surface area contributed by atoms with E-state index in [1.54, 1.807) is 23.2 Å². The highest BCUT2D eigenvalue weighted by Gasteiger charge is 2.57. The van der Waals surface area contributed by atoms with Gasteiger partial charge in [0, 0.05) is 28.0 Å². The summed E-state index contributed by atoms with van der Waals surface area (Å²) in [5.41, 5.74) is 4.55. The van der Waals surface area contributed by atoms with Crippen LogP contribution >= 0.6 is 11.3 Å². The van der Waals surface area contributed by atoms with Crippen molar-refractivity contribution in [3.8, 4) is 11.1 Å². The van der Waals surface area contributed by atoms with Crippen LogP contribution in [0.5, 0.6) is 0 Å². The Morgan fingerprint density at radius 3 is 2.45 bits per heavy atom. The van der Waals surface area contributed by atoms with Crippen molar-refractivity contribution in [1.82, 2.24) is 4.90 Å². The molecule has 7 rings (SSSR count). The Balaban J connectivity index is 1.39. The lowest BCUT2D eigenvalue weighted by Crippen LogP contribution is -2.54. The third kappa shape index (κ3) is 8.22. The second kappa shape index (κ2) is 16.1. The summed E-state index contributed by atoms with van der Waals surface area (Å²) in [4.78, 5) is 30.8. The third-order valence-corrected chi connectivity index (χ3v) is 12.3. The molecule has 2 N–H and O–H groups in total. The molecule has 1 heterocycles. The molecule has 1 aromatic heterocycles.